The number of aldehydes is 1. The summed E-state index contributed by atoms with van der Waals surface area (Å²) in [6.45, 7) is 1.98. The third-order valence-corrected chi connectivity index (χ3v) is 2.73. The van der Waals surface area contributed by atoms with Crippen molar-refractivity contribution in [3.63, 3.8) is 0 Å². The second-order valence-corrected chi connectivity index (χ2v) is 3.88. The van der Waals surface area contributed by atoms with Crippen molar-refractivity contribution >= 4 is 6.29 Å². The summed E-state index contributed by atoms with van der Waals surface area (Å²) in [4.78, 5) is 11.0. The molecule has 1 aliphatic rings. The topological polar surface area (TPSA) is 38.3 Å². The Hall–Kier alpha value is -1.19. The quantitative estimate of drug-likeness (QED) is 0.749. The number of carbonyl (C=O) groups is 1. The summed E-state index contributed by atoms with van der Waals surface area (Å²) in [7, 11) is 0. The molecule has 0 spiro atoms. The fraction of sp³-hybridized carbons (Fsp3) is 0.417. The Bertz CT molecular complexity index is 318. The molecule has 1 atom stereocenters. The molecule has 0 aliphatic carbocycles. The van der Waals surface area contributed by atoms with E-state index in [1.54, 1.807) is 0 Å². The minimum Gasteiger partial charge on any atom is -0.361 e. The zero-order chi connectivity index (χ0) is 10.6. The Morgan fingerprint density at radius 1 is 1.40 bits per heavy atom. The number of hydrogen-bond donors (Lipinski definition) is 1. The van der Waals surface area contributed by atoms with E-state index in [0.717, 1.165) is 24.8 Å². The van der Waals surface area contributed by atoms with Crippen molar-refractivity contribution in [3.8, 4) is 0 Å². The van der Waals surface area contributed by atoms with Crippen LogP contribution in [0.15, 0.2) is 30.3 Å². The first kappa shape index (κ1) is 10.3. The van der Waals surface area contributed by atoms with Crippen LogP contribution in [0.1, 0.15) is 12.0 Å². The number of hydrogen-bond acceptors (Lipinski definition) is 3. The molecule has 0 amide bonds. The maximum atomic E-state index is 11.0. The van der Waals surface area contributed by atoms with Gasteiger partial charge in [-0.15, -0.1) is 0 Å². The molecule has 3 heteroatoms. The molecule has 1 aromatic rings. The Kier molecular flexibility index (Phi) is 3.14. The van der Waals surface area contributed by atoms with Crippen molar-refractivity contribution in [2.75, 3.05) is 13.1 Å². The van der Waals surface area contributed by atoms with Gasteiger partial charge in [0.25, 0.3) is 0 Å². The van der Waals surface area contributed by atoms with Crippen molar-refractivity contribution in [1.29, 1.82) is 0 Å². The number of carbonyl (C=O) groups excluding carboxylic acids is 1. The molecule has 3 nitrogen and oxygen atoms in total. The Morgan fingerprint density at radius 2 is 2.20 bits per heavy atom. The van der Waals surface area contributed by atoms with E-state index in [2.05, 4.69) is 5.32 Å². The van der Waals surface area contributed by atoms with Gasteiger partial charge in [-0.1, -0.05) is 30.3 Å². The highest BCUT2D eigenvalue weighted by atomic mass is 16.5. The lowest BCUT2D eigenvalue weighted by Gasteiger charge is -2.21. The van der Waals surface area contributed by atoms with Gasteiger partial charge in [0, 0.05) is 6.54 Å². The van der Waals surface area contributed by atoms with Crippen molar-refractivity contribution in [1.82, 2.24) is 5.32 Å². The molecule has 1 aliphatic heterocycles. The average molecular weight is 205 g/mol. The first-order chi connectivity index (χ1) is 7.35. The van der Waals surface area contributed by atoms with Gasteiger partial charge >= 0.3 is 0 Å². The molecule has 0 radical (unpaired) electrons. The van der Waals surface area contributed by atoms with Gasteiger partial charge in [0.05, 0.1) is 6.61 Å². The van der Waals surface area contributed by atoms with E-state index in [0.29, 0.717) is 13.2 Å². The normalized spacial score (nSPS) is 25.3. The Morgan fingerprint density at radius 3 is 2.80 bits per heavy atom. The van der Waals surface area contributed by atoms with Crippen LogP contribution in [-0.2, 0) is 16.1 Å². The summed E-state index contributed by atoms with van der Waals surface area (Å²) in [5.74, 6) is 0. The van der Waals surface area contributed by atoms with Crippen LogP contribution >= 0.6 is 0 Å². The monoisotopic (exact) mass is 205 g/mol. The first-order valence-corrected chi connectivity index (χ1v) is 5.20. The summed E-state index contributed by atoms with van der Waals surface area (Å²) in [6.07, 6.45) is 1.69. The predicted molar refractivity (Wildman–Crippen MR) is 57.5 cm³/mol. The van der Waals surface area contributed by atoms with Gasteiger partial charge < -0.3 is 14.8 Å². The van der Waals surface area contributed by atoms with Crippen LogP contribution in [0.2, 0.25) is 0 Å². The van der Waals surface area contributed by atoms with Crippen LogP contribution in [0, 0.1) is 0 Å². The SMILES string of the molecule is O=CC1(OCc2ccccc2)CCNC1. The number of benzene rings is 1. The fourth-order valence-corrected chi connectivity index (χ4v) is 1.75. The van der Waals surface area contributed by atoms with E-state index < -0.39 is 5.60 Å². The van der Waals surface area contributed by atoms with Crippen LogP contribution in [0.25, 0.3) is 0 Å². The van der Waals surface area contributed by atoms with Crippen LogP contribution in [0.4, 0.5) is 0 Å². The minimum absolute atomic E-state index is 0.501. The summed E-state index contributed by atoms with van der Waals surface area (Å²) >= 11 is 0. The van der Waals surface area contributed by atoms with Crippen LogP contribution < -0.4 is 5.32 Å². The van der Waals surface area contributed by atoms with Gasteiger partial charge in [0.15, 0.2) is 6.29 Å². The molecule has 1 fully saturated rings. The molecule has 1 heterocycles. The highest BCUT2D eigenvalue weighted by molar-refractivity contribution is 5.63. The van der Waals surface area contributed by atoms with Gasteiger partial charge in [0.2, 0.25) is 0 Å². The fourth-order valence-electron chi connectivity index (χ4n) is 1.75. The van der Waals surface area contributed by atoms with Crippen molar-refractivity contribution < 1.29 is 9.53 Å². The lowest BCUT2D eigenvalue weighted by Crippen LogP contribution is -2.36. The summed E-state index contributed by atoms with van der Waals surface area (Å²) in [5.41, 5.74) is 0.501. The molecule has 0 aromatic heterocycles. The molecule has 0 bridgehead atoms. The molecular weight excluding hydrogens is 190 g/mol. The molecule has 1 saturated heterocycles. The van der Waals surface area contributed by atoms with Crippen molar-refractivity contribution in [2.24, 2.45) is 0 Å². The maximum absolute atomic E-state index is 11.0. The van der Waals surface area contributed by atoms with Gasteiger partial charge in [-0.3, -0.25) is 0 Å². The highest BCUT2D eigenvalue weighted by Gasteiger charge is 2.34. The zero-order valence-electron chi connectivity index (χ0n) is 8.61. The number of nitrogens with one attached hydrogen (secondary N) is 1. The van der Waals surface area contributed by atoms with E-state index in [1.807, 2.05) is 30.3 Å². The van der Waals surface area contributed by atoms with Crippen LogP contribution in [-0.4, -0.2) is 25.0 Å². The third kappa shape index (κ3) is 2.43. The molecule has 2 rings (SSSR count). The maximum Gasteiger partial charge on any atom is 0.153 e. The molecule has 1 unspecified atom stereocenters. The van der Waals surface area contributed by atoms with Crippen LogP contribution in [0.5, 0.6) is 0 Å². The largest absolute Gasteiger partial charge is 0.361 e. The van der Waals surface area contributed by atoms with Crippen molar-refractivity contribution in [3.05, 3.63) is 35.9 Å². The third-order valence-electron chi connectivity index (χ3n) is 2.73. The number of ether oxygens (including phenoxy) is 1. The molecular formula is C12H15NO2. The molecule has 1 N–H and O–H groups in total. The van der Waals surface area contributed by atoms with Gasteiger partial charge in [-0.25, -0.2) is 0 Å². The second kappa shape index (κ2) is 4.55. The molecule has 15 heavy (non-hydrogen) atoms. The van der Waals surface area contributed by atoms with E-state index >= 15 is 0 Å². The van der Waals surface area contributed by atoms with E-state index in [1.165, 1.54) is 0 Å². The number of rotatable bonds is 4. The van der Waals surface area contributed by atoms with E-state index in [4.69, 9.17) is 4.74 Å². The average Bonchev–Trinajstić information content (AvgIpc) is 2.77. The van der Waals surface area contributed by atoms with E-state index in [-0.39, 0.29) is 0 Å². The first-order valence-electron chi connectivity index (χ1n) is 5.20. The lowest BCUT2D eigenvalue weighted by molar-refractivity contribution is -0.130. The van der Waals surface area contributed by atoms with Crippen molar-refractivity contribution in [2.45, 2.75) is 18.6 Å². The Labute approximate surface area is 89.4 Å². The van der Waals surface area contributed by atoms with Gasteiger partial charge in [-0.05, 0) is 18.5 Å². The molecule has 1 aromatic carbocycles. The molecule has 80 valence electrons. The zero-order valence-corrected chi connectivity index (χ0v) is 8.61. The van der Waals surface area contributed by atoms with E-state index in [9.17, 15) is 4.79 Å². The molecule has 0 saturated carbocycles. The second-order valence-electron chi connectivity index (χ2n) is 3.88. The summed E-state index contributed by atoms with van der Waals surface area (Å²) < 4.78 is 5.70. The van der Waals surface area contributed by atoms with Gasteiger partial charge in [0.1, 0.15) is 5.60 Å². The lowest BCUT2D eigenvalue weighted by atomic mass is 10.1. The summed E-state index contributed by atoms with van der Waals surface area (Å²) in [6, 6.07) is 9.91. The standard InChI is InChI=1S/C12H15NO2/c14-10-12(6-7-13-9-12)15-8-11-4-2-1-3-5-11/h1-5,10,13H,6-9H2. The van der Waals surface area contributed by atoms with Crippen LogP contribution in [0.3, 0.4) is 0 Å². The summed E-state index contributed by atoms with van der Waals surface area (Å²) in [5, 5.41) is 3.14. The highest BCUT2D eigenvalue weighted by Crippen LogP contribution is 2.19. The minimum atomic E-state index is -0.601. The van der Waals surface area contributed by atoms with Gasteiger partial charge in [-0.2, -0.15) is 0 Å². The Balaban J connectivity index is 1.94. The smallest absolute Gasteiger partial charge is 0.153 e. The predicted octanol–water partition coefficient (Wildman–Crippen LogP) is 1.13.